The largest absolute Gasteiger partial charge is 0.387 e. The first-order valence-corrected chi connectivity index (χ1v) is 6.37. The third-order valence-electron chi connectivity index (χ3n) is 2.71. The van der Waals surface area contributed by atoms with Crippen LogP contribution in [-0.4, -0.2) is 17.8 Å². The number of ether oxygens (including phenoxy) is 1. The minimum atomic E-state index is -0.580. The average molecular weight is 254 g/mol. The molecule has 0 aliphatic rings. The summed E-state index contributed by atoms with van der Waals surface area (Å²) in [5.41, 5.74) is 2.19. The molecule has 0 unspecified atom stereocenters. The van der Waals surface area contributed by atoms with Crippen molar-refractivity contribution in [2.45, 2.75) is 12.7 Å². The van der Waals surface area contributed by atoms with Gasteiger partial charge in [0.15, 0.2) is 0 Å². The Hall–Kier alpha value is -1.90. The highest BCUT2D eigenvalue weighted by Crippen LogP contribution is 2.04. The van der Waals surface area contributed by atoms with E-state index in [1.807, 2.05) is 66.7 Å². The zero-order chi connectivity index (χ0) is 13.3. The zero-order valence-corrected chi connectivity index (χ0v) is 10.8. The molecule has 1 atom stereocenters. The first-order valence-electron chi connectivity index (χ1n) is 6.37. The lowest BCUT2D eigenvalue weighted by Gasteiger charge is -2.07. The second kappa shape index (κ2) is 7.52. The van der Waals surface area contributed by atoms with E-state index in [0.29, 0.717) is 13.2 Å². The summed E-state index contributed by atoms with van der Waals surface area (Å²) in [5.74, 6) is 0. The van der Waals surface area contributed by atoms with Gasteiger partial charge >= 0.3 is 0 Å². The molecule has 2 rings (SSSR count). The molecular formula is C17H18O2. The van der Waals surface area contributed by atoms with Crippen molar-refractivity contribution in [2.75, 3.05) is 6.61 Å². The smallest absolute Gasteiger partial charge is 0.0957 e. The van der Waals surface area contributed by atoms with E-state index in [1.54, 1.807) is 6.08 Å². The fourth-order valence-corrected chi connectivity index (χ4v) is 1.71. The molecule has 2 aromatic carbocycles. The van der Waals surface area contributed by atoms with Crippen LogP contribution < -0.4 is 0 Å². The van der Waals surface area contributed by atoms with E-state index in [1.165, 1.54) is 0 Å². The standard InChI is InChI=1S/C17H18O2/c18-17(12-11-15-7-3-1-4-8-15)14-19-13-16-9-5-2-6-10-16/h1-12,17-18H,13-14H2/b12-11+/t17-/m1/s1. The zero-order valence-electron chi connectivity index (χ0n) is 10.8. The van der Waals surface area contributed by atoms with Crippen LogP contribution in [-0.2, 0) is 11.3 Å². The number of benzene rings is 2. The topological polar surface area (TPSA) is 29.5 Å². The molecule has 98 valence electrons. The van der Waals surface area contributed by atoms with Crippen LogP contribution in [0.2, 0.25) is 0 Å². The number of aliphatic hydroxyl groups excluding tert-OH is 1. The Morgan fingerprint density at radius 3 is 2.26 bits per heavy atom. The summed E-state index contributed by atoms with van der Waals surface area (Å²) in [5, 5.41) is 9.78. The van der Waals surface area contributed by atoms with Crippen molar-refractivity contribution in [1.82, 2.24) is 0 Å². The van der Waals surface area contributed by atoms with E-state index in [0.717, 1.165) is 11.1 Å². The van der Waals surface area contributed by atoms with E-state index in [-0.39, 0.29) is 0 Å². The first kappa shape index (κ1) is 13.5. The number of hydrogen-bond acceptors (Lipinski definition) is 2. The molecule has 0 bridgehead atoms. The summed E-state index contributed by atoms with van der Waals surface area (Å²) < 4.78 is 5.47. The predicted octanol–water partition coefficient (Wildman–Crippen LogP) is 3.28. The second-order valence-electron chi connectivity index (χ2n) is 4.34. The average Bonchev–Trinajstić information content (AvgIpc) is 2.47. The quantitative estimate of drug-likeness (QED) is 0.857. The molecule has 0 fully saturated rings. The van der Waals surface area contributed by atoms with Gasteiger partial charge in [-0.15, -0.1) is 0 Å². The molecule has 0 aliphatic heterocycles. The minimum Gasteiger partial charge on any atom is -0.387 e. The van der Waals surface area contributed by atoms with Crippen LogP contribution in [0.15, 0.2) is 66.7 Å². The summed E-state index contributed by atoms with van der Waals surface area (Å²) in [6, 6.07) is 19.8. The highest BCUT2D eigenvalue weighted by Gasteiger charge is 1.99. The van der Waals surface area contributed by atoms with Gasteiger partial charge in [-0.1, -0.05) is 72.8 Å². The van der Waals surface area contributed by atoms with Crippen LogP contribution in [0.4, 0.5) is 0 Å². The molecule has 2 nitrogen and oxygen atoms in total. The van der Waals surface area contributed by atoms with Gasteiger partial charge < -0.3 is 9.84 Å². The van der Waals surface area contributed by atoms with Crippen molar-refractivity contribution in [3.63, 3.8) is 0 Å². The Labute approximate surface area is 114 Å². The molecule has 1 N–H and O–H groups in total. The summed E-state index contributed by atoms with van der Waals surface area (Å²) in [4.78, 5) is 0. The Kier molecular flexibility index (Phi) is 5.35. The monoisotopic (exact) mass is 254 g/mol. The van der Waals surface area contributed by atoms with Gasteiger partial charge in [0.05, 0.1) is 19.3 Å². The number of rotatable bonds is 6. The Morgan fingerprint density at radius 1 is 0.947 bits per heavy atom. The minimum absolute atomic E-state index is 0.304. The third-order valence-corrected chi connectivity index (χ3v) is 2.71. The molecule has 0 saturated carbocycles. The van der Waals surface area contributed by atoms with Gasteiger partial charge in [0.2, 0.25) is 0 Å². The first-order chi connectivity index (χ1) is 9.34. The summed E-state index contributed by atoms with van der Waals surface area (Å²) in [6.07, 6.45) is 3.07. The van der Waals surface area contributed by atoms with E-state index in [4.69, 9.17) is 4.74 Å². The maximum Gasteiger partial charge on any atom is 0.0957 e. The summed E-state index contributed by atoms with van der Waals surface area (Å²) in [7, 11) is 0. The third kappa shape index (κ3) is 5.08. The van der Waals surface area contributed by atoms with Crippen LogP contribution in [0, 0.1) is 0 Å². The van der Waals surface area contributed by atoms with Gasteiger partial charge in [-0.25, -0.2) is 0 Å². The molecule has 0 spiro atoms. The lowest BCUT2D eigenvalue weighted by Crippen LogP contribution is -2.11. The fourth-order valence-electron chi connectivity index (χ4n) is 1.71. The Bertz CT molecular complexity index is 491. The lowest BCUT2D eigenvalue weighted by atomic mass is 10.2. The van der Waals surface area contributed by atoms with Gasteiger partial charge in [-0.2, -0.15) is 0 Å². The second-order valence-corrected chi connectivity index (χ2v) is 4.34. The molecule has 0 aromatic heterocycles. The van der Waals surface area contributed by atoms with Crippen molar-refractivity contribution in [3.8, 4) is 0 Å². The van der Waals surface area contributed by atoms with Gasteiger partial charge in [0, 0.05) is 0 Å². The normalized spacial score (nSPS) is 12.7. The van der Waals surface area contributed by atoms with E-state index < -0.39 is 6.10 Å². The van der Waals surface area contributed by atoms with Crippen molar-refractivity contribution in [3.05, 3.63) is 77.9 Å². The predicted molar refractivity (Wildman–Crippen MR) is 77.6 cm³/mol. The molecule has 0 heterocycles. The van der Waals surface area contributed by atoms with Gasteiger partial charge in [0.1, 0.15) is 0 Å². The van der Waals surface area contributed by atoms with Gasteiger partial charge in [-0.05, 0) is 11.1 Å². The van der Waals surface area contributed by atoms with Crippen molar-refractivity contribution in [1.29, 1.82) is 0 Å². The molecule has 2 aromatic rings. The highest BCUT2D eigenvalue weighted by atomic mass is 16.5. The molecule has 0 radical (unpaired) electrons. The number of aliphatic hydroxyl groups is 1. The maximum atomic E-state index is 9.78. The number of hydrogen-bond donors (Lipinski definition) is 1. The summed E-state index contributed by atoms with van der Waals surface area (Å²) in [6.45, 7) is 0.829. The maximum absolute atomic E-state index is 9.78. The molecular weight excluding hydrogens is 236 g/mol. The molecule has 0 saturated heterocycles. The van der Waals surface area contributed by atoms with E-state index in [2.05, 4.69) is 0 Å². The SMILES string of the molecule is O[C@H](/C=C/c1ccccc1)COCc1ccccc1. The fraction of sp³-hybridized carbons (Fsp3) is 0.176. The van der Waals surface area contributed by atoms with Crippen LogP contribution in [0.3, 0.4) is 0 Å². The van der Waals surface area contributed by atoms with Crippen LogP contribution in [0.25, 0.3) is 6.08 Å². The van der Waals surface area contributed by atoms with Gasteiger partial charge in [-0.3, -0.25) is 0 Å². The van der Waals surface area contributed by atoms with Gasteiger partial charge in [0.25, 0.3) is 0 Å². The molecule has 0 amide bonds. The van der Waals surface area contributed by atoms with Crippen LogP contribution in [0.5, 0.6) is 0 Å². The highest BCUT2D eigenvalue weighted by molar-refractivity contribution is 5.49. The molecule has 19 heavy (non-hydrogen) atoms. The molecule has 0 aliphatic carbocycles. The van der Waals surface area contributed by atoms with E-state index >= 15 is 0 Å². The van der Waals surface area contributed by atoms with Crippen LogP contribution >= 0.6 is 0 Å². The van der Waals surface area contributed by atoms with E-state index in [9.17, 15) is 5.11 Å². The van der Waals surface area contributed by atoms with Crippen molar-refractivity contribution >= 4 is 6.08 Å². The van der Waals surface area contributed by atoms with Crippen LogP contribution in [0.1, 0.15) is 11.1 Å². The van der Waals surface area contributed by atoms with Crippen molar-refractivity contribution in [2.24, 2.45) is 0 Å². The lowest BCUT2D eigenvalue weighted by molar-refractivity contribution is 0.0507. The van der Waals surface area contributed by atoms with Crippen molar-refractivity contribution < 1.29 is 9.84 Å². The Morgan fingerprint density at radius 2 is 1.58 bits per heavy atom. The summed E-state index contributed by atoms with van der Waals surface area (Å²) >= 11 is 0. The Balaban J connectivity index is 1.73. The molecule has 2 heteroatoms.